The van der Waals surface area contributed by atoms with Crippen LogP contribution in [0, 0.1) is 67.9 Å². The number of aromatic amines is 3. The molecular weight excluding hydrogens is 1500 g/mol. The number of carbonyl (C=O) groups excluding carboxylic acids is 3. The predicted octanol–water partition coefficient (Wildman–Crippen LogP) is 13.2. The normalized spacial score (nSPS) is 14.5. The fourth-order valence-corrected chi connectivity index (χ4v) is 13.2. The van der Waals surface area contributed by atoms with Gasteiger partial charge in [-0.15, -0.1) is 13.2 Å². The molecule has 3 fully saturated rings. The van der Waals surface area contributed by atoms with Gasteiger partial charge in [-0.05, 0) is 184 Å². The molecule has 0 bridgehead atoms. The van der Waals surface area contributed by atoms with E-state index in [1.54, 1.807) is 24.3 Å². The van der Waals surface area contributed by atoms with E-state index in [4.69, 9.17) is 0 Å². The van der Waals surface area contributed by atoms with Crippen molar-refractivity contribution in [3.8, 4) is 41.3 Å². The van der Waals surface area contributed by atoms with Gasteiger partial charge in [0.15, 0.2) is 11.6 Å². The number of hydrogen-bond acceptors (Lipinski definition) is 16. The molecule has 6 N–H and O–H groups in total. The Labute approximate surface area is 663 Å². The summed E-state index contributed by atoms with van der Waals surface area (Å²) in [5.41, 5.74) is 11.9. The van der Waals surface area contributed by atoms with E-state index in [1.807, 2.05) is 56.3 Å². The first-order valence-electron chi connectivity index (χ1n) is 37.1. The number of nitrogens with one attached hydrogen (secondary N) is 6. The van der Waals surface area contributed by atoms with Gasteiger partial charge >= 0.3 is 12.5 Å². The lowest BCUT2D eigenvalue weighted by Gasteiger charge is -2.32. The van der Waals surface area contributed by atoms with Gasteiger partial charge in [0.1, 0.15) is 33.9 Å². The Morgan fingerprint density at radius 1 is 0.431 bits per heavy atom. The average molecular weight is 1580 g/mol. The molecule has 3 aliphatic heterocycles. The van der Waals surface area contributed by atoms with Crippen molar-refractivity contribution in [1.29, 1.82) is 0 Å². The topological polar surface area (TPSA) is 241 Å². The number of alkyl halides is 6. The van der Waals surface area contributed by atoms with Gasteiger partial charge in [-0.25, -0.2) is 8.78 Å². The molecule has 12 aromatic rings. The molecule has 15 rings (SSSR count). The van der Waals surface area contributed by atoms with Crippen LogP contribution in [0.5, 0.6) is 5.75 Å². The van der Waals surface area contributed by atoms with Crippen LogP contribution in [-0.2, 0) is 25.8 Å². The van der Waals surface area contributed by atoms with Crippen LogP contribution in [0.4, 0.5) is 52.2 Å². The first kappa shape index (κ1) is 81.3. The maximum Gasteiger partial charge on any atom is 0.573 e. The molecule has 22 nitrogen and oxygen atoms in total. The highest BCUT2D eigenvalue weighted by molar-refractivity contribution is 6.06. The summed E-state index contributed by atoms with van der Waals surface area (Å²) in [5.74, 6) is 14.4. The summed E-state index contributed by atoms with van der Waals surface area (Å²) in [4.78, 5) is 65.4. The van der Waals surface area contributed by atoms with Gasteiger partial charge in [0.05, 0.1) is 27.8 Å². The van der Waals surface area contributed by atoms with Crippen LogP contribution in [0.1, 0.15) is 104 Å². The van der Waals surface area contributed by atoms with Crippen molar-refractivity contribution in [2.75, 3.05) is 116 Å². The number of para-hydroxylation sites is 1. The van der Waals surface area contributed by atoms with Crippen LogP contribution in [0.2, 0.25) is 0 Å². The number of pyridine rings is 3. The van der Waals surface area contributed by atoms with E-state index in [0.29, 0.717) is 72.6 Å². The third-order valence-electron chi connectivity index (χ3n) is 20.0. The van der Waals surface area contributed by atoms with E-state index in [1.165, 1.54) is 78.1 Å². The fraction of sp³-hybridized carbons (Fsp3) is 0.267. The highest BCUT2D eigenvalue weighted by Crippen LogP contribution is 2.34. The molecule has 0 unspecified atom stereocenters. The number of benzene rings is 6. The van der Waals surface area contributed by atoms with E-state index in [2.05, 4.69) is 171 Å². The zero-order valence-corrected chi connectivity index (χ0v) is 64.1. The molecule has 6 aromatic carbocycles. The summed E-state index contributed by atoms with van der Waals surface area (Å²) in [6.07, 6.45) is -0.388. The largest absolute Gasteiger partial charge is 0.573 e. The van der Waals surface area contributed by atoms with Crippen LogP contribution in [0.15, 0.2) is 159 Å². The van der Waals surface area contributed by atoms with E-state index in [9.17, 15) is 49.5 Å². The number of hydrogen-bond donors (Lipinski definition) is 6. The van der Waals surface area contributed by atoms with Crippen LogP contribution < -0.4 is 20.7 Å². The molecule has 3 saturated heterocycles. The number of amides is 3. The minimum Gasteiger partial charge on any atom is -0.403 e. The molecule has 116 heavy (non-hydrogen) atoms. The molecule has 9 heterocycles. The lowest BCUT2D eigenvalue weighted by atomic mass is 10.1. The van der Waals surface area contributed by atoms with E-state index < -0.39 is 35.5 Å². The first-order valence-corrected chi connectivity index (χ1v) is 37.1. The predicted molar refractivity (Wildman–Crippen MR) is 426 cm³/mol. The summed E-state index contributed by atoms with van der Waals surface area (Å²) < 4.78 is 108. The SMILES string of the molecule is Cc1cc(NC(=O)c2cncc(C#Cc3[nH]nc4c(F)cc(F)cc34)c2)ccc1CN1CCN(C)CC1.Cc1cc(NC(=O)c2cncc(C#Cc3[nH]nc4c(OC(F)(F)F)cccc34)c2)ccc1CN1CCN(C)CC1.Cc1cc(NC(=O)c2cncc(C#Cc3[nH]nc4cc(C(F)(F)F)ccc34)c2)ccc1CN1CCN(C)CC1. The zero-order chi connectivity index (χ0) is 81.8. The molecule has 594 valence electrons. The van der Waals surface area contributed by atoms with Crippen LogP contribution >= 0.6 is 0 Å². The Morgan fingerprint density at radius 3 is 1.23 bits per heavy atom. The number of aromatic nitrogens is 9. The Morgan fingerprint density at radius 2 is 0.828 bits per heavy atom. The fourth-order valence-electron chi connectivity index (χ4n) is 13.2. The number of H-pyrrole nitrogens is 3. The Bertz CT molecular complexity index is 5820. The molecule has 0 aliphatic carbocycles. The van der Waals surface area contributed by atoms with Crippen molar-refractivity contribution >= 4 is 67.5 Å². The van der Waals surface area contributed by atoms with Gasteiger partial charge < -0.3 is 35.4 Å². The molecular formula is C86H80F8N18O4. The van der Waals surface area contributed by atoms with Crippen molar-refractivity contribution < 1.29 is 54.2 Å². The third-order valence-corrected chi connectivity index (χ3v) is 20.0. The Kier molecular flexibility index (Phi) is 25.4. The number of ether oxygens (including phenoxy) is 1. The summed E-state index contributed by atoms with van der Waals surface area (Å²) in [5, 5.41) is 29.5. The van der Waals surface area contributed by atoms with E-state index >= 15 is 0 Å². The monoisotopic (exact) mass is 1580 g/mol. The lowest BCUT2D eigenvalue weighted by Crippen LogP contribution is -2.43. The quantitative estimate of drug-likeness (QED) is 0.0464. The van der Waals surface area contributed by atoms with Crippen molar-refractivity contribution in [2.24, 2.45) is 0 Å². The van der Waals surface area contributed by atoms with E-state index in [0.717, 1.165) is 133 Å². The maximum atomic E-state index is 13.9. The van der Waals surface area contributed by atoms with Crippen LogP contribution in [0.3, 0.4) is 0 Å². The number of piperazine rings is 3. The second-order valence-electron chi connectivity index (χ2n) is 28.7. The van der Waals surface area contributed by atoms with Gasteiger partial charge in [0, 0.05) is 191 Å². The highest BCUT2D eigenvalue weighted by atomic mass is 19.4. The second-order valence-corrected chi connectivity index (χ2v) is 28.7. The third kappa shape index (κ3) is 21.4. The molecule has 0 radical (unpaired) electrons. The van der Waals surface area contributed by atoms with Crippen molar-refractivity contribution in [3.05, 3.63) is 260 Å². The zero-order valence-electron chi connectivity index (χ0n) is 64.1. The number of aryl methyl sites for hydroxylation is 3. The van der Waals surface area contributed by atoms with Gasteiger partial charge in [0.2, 0.25) is 0 Å². The number of nitrogens with zero attached hydrogens (tertiary/aromatic N) is 12. The molecule has 0 spiro atoms. The van der Waals surface area contributed by atoms with Crippen molar-refractivity contribution in [2.45, 2.75) is 52.9 Å². The number of halogens is 8. The van der Waals surface area contributed by atoms with Gasteiger partial charge in [0.25, 0.3) is 17.7 Å². The molecule has 0 saturated carbocycles. The van der Waals surface area contributed by atoms with Crippen molar-refractivity contribution in [1.82, 2.24) is 74.9 Å². The first-order chi connectivity index (χ1) is 55.6. The minimum atomic E-state index is -4.84. The number of carbonyl (C=O) groups is 3. The second kappa shape index (κ2) is 36.2. The number of fused-ring (bicyclic) bond motifs is 3. The maximum absolute atomic E-state index is 13.9. The Balaban J connectivity index is 0.000000151. The summed E-state index contributed by atoms with van der Waals surface area (Å²) in [7, 11) is 6.41. The highest BCUT2D eigenvalue weighted by Gasteiger charge is 2.33. The van der Waals surface area contributed by atoms with Crippen LogP contribution in [0.25, 0.3) is 32.7 Å². The van der Waals surface area contributed by atoms with Gasteiger partial charge in [-0.3, -0.25) is 59.3 Å². The van der Waals surface area contributed by atoms with Gasteiger partial charge in [-0.2, -0.15) is 28.5 Å². The lowest BCUT2D eigenvalue weighted by molar-refractivity contribution is -0.274. The summed E-state index contributed by atoms with van der Waals surface area (Å²) in [6.45, 7) is 21.4. The molecule has 6 aromatic heterocycles. The molecule has 30 heteroatoms. The minimum absolute atomic E-state index is 0.0141. The molecule has 0 atom stereocenters. The standard InChI is InChI=1S/C29H27F3N6O2.C29H27F3N6O.C28H26F2N6O/c1-19-14-23(8-7-21(19)18-38-12-10-37(2)11-13-38)34-28(39)22-15-20(16-33-17-22)6-9-25-24-4-3-5-26(27(24)36-35-25)40-29(30,31)32;1-19-13-24(6-4-21(19)18-38-11-9-37(2)10-12-38)34-28(39)22-14-20(16-33-17-22)3-8-26-25-7-5-23(29(30,31)32)15-27(25)36-35-26;1-18-11-23(5-4-20(18)17-36-9-7-35(2)8-10-36)32-28(37)21-12-19(15-31-16-21)3-6-26-24-13-22(29)14-25(30)27(24)34-33-26/h3-5,7-8,14-17H,10-13,18H2,1-2H3,(H,34,39)(H,35,36);4-7,13-17H,9-12,18H2,1-2H3,(H,34,39)(H,35,36);4-5,11-16H,7-10,17H2,1-2H3,(H,32,37)(H,33,34). The van der Waals surface area contributed by atoms with E-state index in [-0.39, 0.29) is 45.4 Å². The average Bonchev–Trinajstić information content (AvgIpc) is 1.63. The molecule has 3 amide bonds. The summed E-state index contributed by atoms with van der Waals surface area (Å²) >= 11 is 0. The van der Waals surface area contributed by atoms with Crippen LogP contribution in [-0.4, -0.2) is 199 Å². The number of rotatable bonds is 13. The Hall–Kier alpha value is -12.7. The number of anilines is 3. The summed E-state index contributed by atoms with van der Waals surface area (Å²) in [6, 6.07) is 32.1. The molecule has 3 aliphatic rings. The van der Waals surface area contributed by atoms with Crippen molar-refractivity contribution in [3.63, 3.8) is 0 Å². The smallest absolute Gasteiger partial charge is 0.403 e. The number of likely N-dealkylation sites (N-methyl/N-ethyl adjacent to an activating group) is 3. The van der Waals surface area contributed by atoms with Gasteiger partial charge in [-0.1, -0.05) is 42.0 Å².